The van der Waals surface area contributed by atoms with Crippen LogP contribution in [0.15, 0.2) is 54.6 Å². The Balaban J connectivity index is 1.76. The molecule has 3 aromatic rings. The monoisotopic (exact) mass is 321 g/mol. The van der Waals surface area contributed by atoms with Crippen molar-refractivity contribution >= 4 is 16.9 Å². The number of carbonyl (C=O) groups is 1. The normalized spacial score (nSPS) is 15.7. The summed E-state index contributed by atoms with van der Waals surface area (Å²) < 4.78 is 7.11. The van der Waals surface area contributed by atoms with E-state index in [-0.39, 0.29) is 5.91 Å². The maximum atomic E-state index is 13.0. The van der Waals surface area contributed by atoms with Gasteiger partial charge in [0.2, 0.25) is 5.91 Å². The SMILES string of the molecule is O=C(CN1CCOCC1)n1c(-c2ccccc2)nc2ccccc21. The Bertz CT molecular complexity index is 851. The van der Waals surface area contributed by atoms with Crippen molar-refractivity contribution in [3.63, 3.8) is 0 Å². The number of imidazole rings is 1. The van der Waals surface area contributed by atoms with Crippen LogP contribution in [-0.2, 0) is 4.74 Å². The quantitative estimate of drug-likeness (QED) is 0.744. The summed E-state index contributed by atoms with van der Waals surface area (Å²) in [6.45, 7) is 3.33. The third-order valence-electron chi connectivity index (χ3n) is 4.30. The Hall–Kier alpha value is -2.50. The first-order chi connectivity index (χ1) is 11.8. The number of fused-ring (bicyclic) bond motifs is 1. The molecule has 0 spiro atoms. The Morgan fingerprint density at radius 3 is 2.50 bits per heavy atom. The number of carbonyl (C=O) groups excluding carboxylic acids is 1. The van der Waals surface area contributed by atoms with Gasteiger partial charge >= 0.3 is 0 Å². The molecule has 1 aliphatic heterocycles. The molecule has 2 aromatic carbocycles. The zero-order chi connectivity index (χ0) is 16.4. The number of benzene rings is 2. The highest BCUT2D eigenvalue weighted by molar-refractivity contribution is 5.95. The number of morpholine rings is 1. The first-order valence-corrected chi connectivity index (χ1v) is 8.19. The molecule has 0 unspecified atom stereocenters. The van der Waals surface area contributed by atoms with E-state index in [1.54, 1.807) is 4.57 Å². The van der Waals surface area contributed by atoms with Crippen LogP contribution in [0, 0.1) is 0 Å². The molecule has 4 rings (SSSR count). The van der Waals surface area contributed by atoms with Gasteiger partial charge in [-0.2, -0.15) is 0 Å². The van der Waals surface area contributed by atoms with Crippen molar-refractivity contribution in [3.8, 4) is 11.4 Å². The lowest BCUT2D eigenvalue weighted by molar-refractivity contribution is 0.0351. The second kappa shape index (κ2) is 6.55. The summed E-state index contributed by atoms with van der Waals surface area (Å²) in [4.78, 5) is 19.9. The summed E-state index contributed by atoms with van der Waals surface area (Å²) in [5.41, 5.74) is 2.64. The second-order valence-electron chi connectivity index (χ2n) is 5.91. The maximum Gasteiger partial charge on any atom is 0.246 e. The van der Waals surface area contributed by atoms with Crippen LogP contribution >= 0.6 is 0 Å². The summed E-state index contributed by atoms with van der Waals surface area (Å²) >= 11 is 0. The van der Waals surface area contributed by atoms with Crippen LogP contribution < -0.4 is 0 Å². The van der Waals surface area contributed by atoms with Crippen molar-refractivity contribution in [2.45, 2.75) is 0 Å². The van der Waals surface area contributed by atoms with E-state index in [1.807, 2.05) is 54.6 Å². The fourth-order valence-corrected chi connectivity index (χ4v) is 3.08. The lowest BCUT2D eigenvalue weighted by Gasteiger charge is -2.26. The fourth-order valence-electron chi connectivity index (χ4n) is 3.08. The van der Waals surface area contributed by atoms with Crippen LogP contribution in [0.5, 0.6) is 0 Å². The number of rotatable bonds is 3. The zero-order valence-electron chi connectivity index (χ0n) is 13.4. The molecule has 1 aliphatic rings. The van der Waals surface area contributed by atoms with E-state index >= 15 is 0 Å². The molecule has 1 saturated heterocycles. The smallest absolute Gasteiger partial charge is 0.246 e. The van der Waals surface area contributed by atoms with Gasteiger partial charge in [-0.15, -0.1) is 0 Å². The van der Waals surface area contributed by atoms with Crippen molar-refractivity contribution in [2.75, 3.05) is 32.8 Å². The Kier molecular flexibility index (Phi) is 4.11. The molecule has 1 fully saturated rings. The summed E-state index contributed by atoms with van der Waals surface area (Å²) in [6, 6.07) is 17.6. The van der Waals surface area contributed by atoms with Gasteiger partial charge in [0.25, 0.3) is 0 Å². The number of ether oxygens (including phenoxy) is 1. The van der Waals surface area contributed by atoms with Gasteiger partial charge in [0.05, 0.1) is 30.8 Å². The minimum absolute atomic E-state index is 0.0458. The molecular formula is C19H19N3O2. The van der Waals surface area contributed by atoms with Crippen molar-refractivity contribution in [3.05, 3.63) is 54.6 Å². The van der Waals surface area contributed by atoms with Gasteiger partial charge in [-0.25, -0.2) is 4.98 Å². The van der Waals surface area contributed by atoms with Crippen LogP contribution in [0.1, 0.15) is 4.79 Å². The Labute approximate surface area is 140 Å². The van der Waals surface area contributed by atoms with E-state index in [4.69, 9.17) is 9.72 Å². The number of nitrogens with zero attached hydrogens (tertiary/aromatic N) is 3. The van der Waals surface area contributed by atoms with Crippen molar-refractivity contribution in [1.82, 2.24) is 14.5 Å². The van der Waals surface area contributed by atoms with Crippen molar-refractivity contribution < 1.29 is 9.53 Å². The minimum Gasteiger partial charge on any atom is -0.379 e. The van der Waals surface area contributed by atoms with E-state index < -0.39 is 0 Å². The average Bonchev–Trinajstić information content (AvgIpc) is 3.03. The summed E-state index contributed by atoms with van der Waals surface area (Å²) in [6.07, 6.45) is 0. The minimum atomic E-state index is 0.0458. The Morgan fingerprint density at radius 1 is 1.00 bits per heavy atom. The molecule has 0 amide bonds. The van der Waals surface area contributed by atoms with Crippen LogP contribution in [0.4, 0.5) is 0 Å². The van der Waals surface area contributed by atoms with E-state index in [1.165, 1.54) is 0 Å². The summed E-state index contributed by atoms with van der Waals surface area (Å²) in [5, 5.41) is 0. The molecular weight excluding hydrogens is 302 g/mol. The molecule has 0 N–H and O–H groups in total. The van der Waals surface area contributed by atoms with Gasteiger partial charge in [-0.3, -0.25) is 14.3 Å². The molecule has 5 heteroatoms. The lowest BCUT2D eigenvalue weighted by atomic mass is 10.2. The molecule has 2 heterocycles. The molecule has 0 aliphatic carbocycles. The van der Waals surface area contributed by atoms with Crippen molar-refractivity contribution in [2.24, 2.45) is 0 Å². The van der Waals surface area contributed by atoms with E-state index in [0.29, 0.717) is 25.6 Å². The van der Waals surface area contributed by atoms with Crippen LogP contribution in [0.25, 0.3) is 22.4 Å². The molecule has 0 radical (unpaired) electrons. The average molecular weight is 321 g/mol. The fraction of sp³-hybridized carbons (Fsp3) is 0.263. The predicted octanol–water partition coefficient (Wildman–Crippen LogP) is 2.68. The van der Waals surface area contributed by atoms with Gasteiger partial charge in [0, 0.05) is 18.7 Å². The predicted molar refractivity (Wildman–Crippen MR) is 93.1 cm³/mol. The first-order valence-electron chi connectivity index (χ1n) is 8.19. The maximum absolute atomic E-state index is 13.0. The van der Waals surface area contributed by atoms with E-state index in [9.17, 15) is 4.79 Å². The van der Waals surface area contributed by atoms with E-state index in [0.717, 1.165) is 29.7 Å². The lowest BCUT2D eigenvalue weighted by Crippen LogP contribution is -2.40. The van der Waals surface area contributed by atoms with Crippen LogP contribution in [0.2, 0.25) is 0 Å². The third kappa shape index (κ3) is 2.84. The molecule has 0 saturated carbocycles. The number of aromatic nitrogens is 2. The number of hydrogen-bond acceptors (Lipinski definition) is 4. The zero-order valence-corrected chi connectivity index (χ0v) is 13.4. The van der Waals surface area contributed by atoms with E-state index in [2.05, 4.69) is 4.90 Å². The number of para-hydroxylation sites is 2. The highest BCUT2D eigenvalue weighted by Gasteiger charge is 2.21. The molecule has 24 heavy (non-hydrogen) atoms. The van der Waals surface area contributed by atoms with Gasteiger partial charge in [-0.1, -0.05) is 42.5 Å². The van der Waals surface area contributed by atoms with Crippen LogP contribution in [0.3, 0.4) is 0 Å². The molecule has 122 valence electrons. The summed E-state index contributed by atoms with van der Waals surface area (Å²) in [7, 11) is 0. The Morgan fingerprint density at radius 2 is 1.71 bits per heavy atom. The second-order valence-corrected chi connectivity index (χ2v) is 5.91. The summed E-state index contributed by atoms with van der Waals surface area (Å²) in [5.74, 6) is 0.750. The highest BCUT2D eigenvalue weighted by atomic mass is 16.5. The van der Waals surface area contributed by atoms with Gasteiger partial charge in [-0.05, 0) is 12.1 Å². The number of hydrogen-bond donors (Lipinski definition) is 0. The van der Waals surface area contributed by atoms with Gasteiger partial charge in [0.15, 0.2) is 0 Å². The van der Waals surface area contributed by atoms with Crippen LogP contribution in [-0.4, -0.2) is 53.2 Å². The molecule has 5 nitrogen and oxygen atoms in total. The highest BCUT2D eigenvalue weighted by Crippen LogP contribution is 2.24. The standard InChI is InChI=1S/C19H19N3O2/c23-18(14-21-10-12-24-13-11-21)22-17-9-5-4-8-16(17)20-19(22)15-6-2-1-3-7-15/h1-9H,10-14H2. The third-order valence-corrected chi connectivity index (χ3v) is 4.30. The first kappa shape index (κ1) is 15.1. The van der Waals surface area contributed by atoms with Gasteiger partial charge in [0.1, 0.15) is 5.82 Å². The topological polar surface area (TPSA) is 47.4 Å². The molecule has 0 atom stereocenters. The van der Waals surface area contributed by atoms with Gasteiger partial charge < -0.3 is 4.74 Å². The molecule has 0 bridgehead atoms. The molecule has 1 aromatic heterocycles. The van der Waals surface area contributed by atoms with Crippen molar-refractivity contribution in [1.29, 1.82) is 0 Å². The largest absolute Gasteiger partial charge is 0.379 e.